The lowest BCUT2D eigenvalue weighted by Gasteiger charge is -2.41. The van der Waals surface area contributed by atoms with Crippen molar-refractivity contribution in [2.75, 3.05) is 19.7 Å². The van der Waals surface area contributed by atoms with Crippen LogP contribution in [0.3, 0.4) is 0 Å². The van der Waals surface area contributed by atoms with Gasteiger partial charge in [0.25, 0.3) is 0 Å². The fourth-order valence-corrected chi connectivity index (χ4v) is 4.91. The zero-order valence-electron chi connectivity index (χ0n) is 16.7. The molecular formula is C21H35NO2Si. The summed E-state index contributed by atoms with van der Waals surface area (Å²) in [6.07, 6.45) is 5.18. The smallest absolute Gasteiger partial charge is 0.192 e. The molecular weight excluding hydrogens is 326 g/mol. The second-order valence-corrected chi connectivity index (χ2v) is 13.9. The molecule has 1 aromatic rings. The molecule has 4 heteroatoms. The van der Waals surface area contributed by atoms with Crippen molar-refractivity contribution in [1.82, 2.24) is 4.90 Å². The summed E-state index contributed by atoms with van der Waals surface area (Å²) in [6.45, 7) is 15.8. The molecule has 0 N–H and O–H groups in total. The number of para-hydroxylation sites is 1. The predicted molar refractivity (Wildman–Crippen MR) is 107 cm³/mol. The summed E-state index contributed by atoms with van der Waals surface area (Å²) in [4.78, 5) is 2.57. The summed E-state index contributed by atoms with van der Waals surface area (Å²) in [5, 5.41) is 0.233. The standard InChI is InChI=1S/C21H35NO2Si/c1-21(2,3)25(4,5)24-19-12-15-23-20-17(10-9-11-18(19)20)16-22-13-7-6-8-14-22/h9-11,19H,6-8,12-16H2,1-5H3. The molecule has 2 aliphatic heterocycles. The predicted octanol–water partition coefficient (Wildman–Crippen LogP) is 5.52. The van der Waals surface area contributed by atoms with E-state index in [1.54, 1.807) is 0 Å². The Morgan fingerprint density at radius 1 is 1.16 bits per heavy atom. The zero-order valence-corrected chi connectivity index (χ0v) is 17.7. The SMILES string of the molecule is CC(C)(C)[Si](C)(C)OC1CCOc2c(CN3CCCCC3)cccc21. The van der Waals surface area contributed by atoms with Crippen LogP contribution in [0.25, 0.3) is 0 Å². The molecule has 2 heterocycles. The van der Waals surface area contributed by atoms with Gasteiger partial charge in [-0.3, -0.25) is 4.90 Å². The van der Waals surface area contributed by atoms with Gasteiger partial charge in [0.1, 0.15) is 5.75 Å². The molecule has 1 fully saturated rings. The molecule has 0 bridgehead atoms. The fraction of sp³-hybridized carbons (Fsp3) is 0.714. The van der Waals surface area contributed by atoms with Crippen molar-refractivity contribution in [3.63, 3.8) is 0 Å². The van der Waals surface area contributed by atoms with Crippen LogP contribution in [-0.4, -0.2) is 32.9 Å². The number of hydrogen-bond donors (Lipinski definition) is 0. The van der Waals surface area contributed by atoms with E-state index in [1.807, 2.05) is 0 Å². The van der Waals surface area contributed by atoms with Crippen LogP contribution in [0.15, 0.2) is 18.2 Å². The molecule has 0 saturated carbocycles. The average Bonchev–Trinajstić information content (AvgIpc) is 2.55. The Balaban J connectivity index is 1.80. The van der Waals surface area contributed by atoms with E-state index >= 15 is 0 Å². The molecule has 25 heavy (non-hydrogen) atoms. The van der Waals surface area contributed by atoms with Crippen LogP contribution >= 0.6 is 0 Å². The van der Waals surface area contributed by atoms with Gasteiger partial charge in [0.2, 0.25) is 0 Å². The topological polar surface area (TPSA) is 21.7 Å². The van der Waals surface area contributed by atoms with E-state index < -0.39 is 8.32 Å². The quantitative estimate of drug-likeness (QED) is 0.659. The molecule has 1 atom stereocenters. The van der Waals surface area contributed by atoms with Crippen molar-refractivity contribution in [2.24, 2.45) is 0 Å². The van der Waals surface area contributed by atoms with Crippen LogP contribution in [0, 0.1) is 0 Å². The van der Waals surface area contributed by atoms with Crippen LogP contribution in [0.1, 0.15) is 63.7 Å². The van der Waals surface area contributed by atoms with Crippen molar-refractivity contribution >= 4 is 8.32 Å². The van der Waals surface area contributed by atoms with E-state index in [-0.39, 0.29) is 11.1 Å². The molecule has 0 radical (unpaired) electrons. The summed E-state index contributed by atoms with van der Waals surface area (Å²) in [6, 6.07) is 6.64. The highest BCUT2D eigenvalue weighted by atomic mass is 28.4. The minimum Gasteiger partial charge on any atom is -0.493 e. The van der Waals surface area contributed by atoms with E-state index in [0.29, 0.717) is 0 Å². The highest BCUT2D eigenvalue weighted by Crippen LogP contribution is 2.44. The van der Waals surface area contributed by atoms with Crippen LogP contribution in [0.2, 0.25) is 18.1 Å². The van der Waals surface area contributed by atoms with Crippen molar-refractivity contribution in [2.45, 2.75) is 77.2 Å². The van der Waals surface area contributed by atoms with Gasteiger partial charge in [-0.15, -0.1) is 0 Å². The van der Waals surface area contributed by atoms with Crippen LogP contribution < -0.4 is 4.74 Å². The first-order valence-electron chi connectivity index (χ1n) is 9.93. The Morgan fingerprint density at radius 3 is 2.56 bits per heavy atom. The number of piperidine rings is 1. The van der Waals surface area contributed by atoms with Crippen LogP contribution in [0.4, 0.5) is 0 Å². The van der Waals surface area contributed by atoms with Gasteiger partial charge in [0, 0.05) is 24.1 Å². The van der Waals surface area contributed by atoms with Gasteiger partial charge in [0.05, 0.1) is 12.7 Å². The van der Waals surface area contributed by atoms with Crippen molar-refractivity contribution in [3.05, 3.63) is 29.3 Å². The molecule has 3 rings (SSSR count). The molecule has 0 aliphatic carbocycles. The Labute approximate surface area is 154 Å². The van der Waals surface area contributed by atoms with Gasteiger partial charge in [-0.05, 0) is 44.1 Å². The van der Waals surface area contributed by atoms with Gasteiger partial charge in [-0.25, -0.2) is 0 Å². The fourth-order valence-electron chi connectivity index (χ4n) is 3.60. The second-order valence-electron chi connectivity index (χ2n) is 9.18. The Kier molecular flexibility index (Phi) is 5.62. The molecule has 1 saturated heterocycles. The van der Waals surface area contributed by atoms with Crippen molar-refractivity contribution in [1.29, 1.82) is 0 Å². The summed E-state index contributed by atoms with van der Waals surface area (Å²) in [7, 11) is -1.79. The molecule has 0 aromatic heterocycles. The number of hydrogen-bond acceptors (Lipinski definition) is 3. The normalized spacial score (nSPS) is 22.4. The summed E-state index contributed by atoms with van der Waals surface area (Å²) >= 11 is 0. The first kappa shape index (κ1) is 18.9. The number of benzene rings is 1. The Hall–Kier alpha value is -0.843. The Morgan fingerprint density at radius 2 is 1.88 bits per heavy atom. The van der Waals surface area contributed by atoms with Gasteiger partial charge in [-0.1, -0.05) is 45.4 Å². The third kappa shape index (κ3) is 4.29. The molecule has 0 spiro atoms. The van der Waals surface area contributed by atoms with Gasteiger partial charge in [-0.2, -0.15) is 0 Å². The van der Waals surface area contributed by atoms with Crippen molar-refractivity contribution < 1.29 is 9.16 Å². The molecule has 140 valence electrons. The Bertz CT molecular complexity index is 588. The monoisotopic (exact) mass is 361 g/mol. The number of likely N-dealkylation sites (tertiary alicyclic amines) is 1. The third-order valence-electron chi connectivity index (χ3n) is 6.19. The highest BCUT2D eigenvalue weighted by Gasteiger charge is 2.40. The van der Waals surface area contributed by atoms with E-state index in [2.05, 4.69) is 57.0 Å². The molecule has 3 nitrogen and oxygen atoms in total. The minimum atomic E-state index is -1.79. The number of fused-ring (bicyclic) bond motifs is 1. The van der Waals surface area contributed by atoms with Gasteiger partial charge < -0.3 is 9.16 Å². The second kappa shape index (κ2) is 7.41. The average molecular weight is 362 g/mol. The third-order valence-corrected chi connectivity index (χ3v) is 10.7. The van der Waals surface area contributed by atoms with Crippen LogP contribution in [0.5, 0.6) is 5.75 Å². The number of ether oxygens (including phenoxy) is 1. The van der Waals surface area contributed by atoms with E-state index in [9.17, 15) is 0 Å². The maximum Gasteiger partial charge on any atom is 0.192 e. The number of rotatable bonds is 4. The van der Waals surface area contributed by atoms with Crippen molar-refractivity contribution in [3.8, 4) is 5.75 Å². The minimum absolute atomic E-state index is 0.186. The lowest BCUT2D eigenvalue weighted by atomic mass is 9.99. The molecule has 2 aliphatic rings. The molecule has 1 unspecified atom stereocenters. The van der Waals surface area contributed by atoms with E-state index in [1.165, 1.54) is 43.5 Å². The lowest BCUT2D eigenvalue weighted by Crippen LogP contribution is -2.42. The van der Waals surface area contributed by atoms with Gasteiger partial charge in [0.15, 0.2) is 8.32 Å². The molecule has 0 amide bonds. The largest absolute Gasteiger partial charge is 0.493 e. The highest BCUT2D eigenvalue weighted by molar-refractivity contribution is 6.74. The van der Waals surface area contributed by atoms with E-state index in [0.717, 1.165) is 25.3 Å². The first-order valence-corrected chi connectivity index (χ1v) is 12.8. The zero-order chi connectivity index (χ0) is 18.1. The van der Waals surface area contributed by atoms with Crippen LogP contribution in [-0.2, 0) is 11.0 Å². The summed E-state index contributed by atoms with van der Waals surface area (Å²) in [5.41, 5.74) is 2.61. The molecule has 1 aromatic carbocycles. The summed E-state index contributed by atoms with van der Waals surface area (Å²) < 4.78 is 12.9. The van der Waals surface area contributed by atoms with E-state index in [4.69, 9.17) is 9.16 Å². The summed E-state index contributed by atoms with van der Waals surface area (Å²) in [5.74, 6) is 1.10. The maximum absolute atomic E-state index is 6.76. The maximum atomic E-state index is 6.76. The lowest BCUT2D eigenvalue weighted by molar-refractivity contribution is 0.120. The number of nitrogens with zero attached hydrogens (tertiary/aromatic N) is 1. The van der Waals surface area contributed by atoms with Gasteiger partial charge >= 0.3 is 0 Å². The first-order chi connectivity index (χ1) is 11.8.